The molecule has 2 aromatic heterocycles. The first-order valence-corrected chi connectivity index (χ1v) is 12.5. The minimum absolute atomic E-state index is 0.0807. The number of carbonyl (C=O) groups is 2. The molecule has 1 saturated heterocycles. The number of hydrogen-bond donors (Lipinski definition) is 1. The summed E-state index contributed by atoms with van der Waals surface area (Å²) in [6.07, 6.45) is 1.72. The summed E-state index contributed by atoms with van der Waals surface area (Å²) in [4.78, 5) is 37.1. The van der Waals surface area contributed by atoms with Gasteiger partial charge in [-0.25, -0.2) is 9.97 Å². The van der Waals surface area contributed by atoms with Gasteiger partial charge in [0.15, 0.2) is 0 Å². The predicted octanol–water partition coefficient (Wildman–Crippen LogP) is 4.78. The molecule has 1 aliphatic heterocycles. The number of carbonyl (C=O) groups excluding carboxylic acids is 2. The maximum Gasteiger partial charge on any atom is 0.271 e. The van der Waals surface area contributed by atoms with Crippen LogP contribution in [0.4, 0.5) is 0 Å². The lowest BCUT2D eigenvalue weighted by Gasteiger charge is -2.30. The van der Waals surface area contributed by atoms with E-state index in [2.05, 4.69) is 47.3 Å². The van der Waals surface area contributed by atoms with Crippen LogP contribution in [-0.2, 0) is 6.54 Å². The molecule has 32 heavy (non-hydrogen) atoms. The third-order valence-corrected chi connectivity index (χ3v) is 7.79. The van der Waals surface area contributed by atoms with E-state index in [0.717, 1.165) is 39.0 Å². The highest BCUT2D eigenvalue weighted by Gasteiger charge is 2.28. The average Bonchev–Trinajstić information content (AvgIpc) is 3.37. The maximum atomic E-state index is 12.8. The van der Waals surface area contributed by atoms with Crippen LogP contribution in [-0.4, -0.2) is 39.8 Å². The van der Waals surface area contributed by atoms with Crippen molar-refractivity contribution < 1.29 is 9.59 Å². The lowest BCUT2D eigenvalue weighted by molar-refractivity contribution is 0.0717. The number of piperidine rings is 1. The van der Waals surface area contributed by atoms with Gasteiger partial charge in [0.25, 0.3) is 11.8 Å². The molecule has 0 spiro atoms. The standard InChI is InChI=1S/C24H28N4O2S2/c1-14-9-15(2)11-18(10-14)12-25-22(29)20-13-31-23(27-20)19-5-7-28(8-6-19)24(30)21-16(3)26-17(4)32-21/h9-11,13,19H,5-8,12H2,1-4H3,(H,25,29). The van der Waals surface area contributed by atoms with Gasteiger partial charge in [-0.05, 0) is 46.1 Å². The van der Waals surface area contributed by atoms with Crippen molar-refractivity contribution in [2.45, 2.75) is 53.0 Å². The highest BCUT2D eigenvalue weighted by Crippen LogP contribution is 2.31. The van der Waals surface area contributed by atoms with Gasteiger partial charge in [-0.3, -0.25) is 9.59 Å². The molecule has 3 heterocycles. The van der Waals surface area contributed by atoms with Crippen LogP contribution in [0.3, 0.4) is 0 Å². The maximum absolute atomic E-state index is 12.8. The minimum atomic E-state index is -0.143. The summed E-state index contributed by atoms with van der Waals surface area (Å²) < 4.78 is 0. The molecule has 0 aliphatic carbocycles. The smallest absolute Gasteiger partial charge is 0.271 e. The van der Waals surface area contributed by atoms with Gasteiger partial charge >= 0.3 is 0 Å². The zero-order valence-electron chi connectivity index (χ0n) is 18.9. The van der Waals surface area contributed by atoms with Crippen LogP contribution in [0, 0.1) is 27.7 Å². The number of rotatable bonds is 5. The number of thiazole rings is 2. The van der Waals surface area contributed by atoms with Crippen molar-refractivity contribution in [3.05, 3.63) is 66.5 Å². The van der Waals surface area contributed by atoms with Crippen molar-refractivity contribution in [2.24, 2.45) is 0 Å². The molecule has 3 aromatic rings. The predicted molar refractivity (Wildman–Crippen MR) is 129 cm³/mol. The Balaban J connectivity index is 1.32. The minimum Gasteiger partial charge on any atom is -0.347 e. The number of nitrogens with one attached hydrogen (secondary N) is 1. The van der Waals surface area contributed by atoms with Crippen molar-refractivity contribution >= 4 is 34.5 Å². The Bertz CT molecular complexity index is 1120. The quantitative estimate of drug-likeness (QED) is 0.585. The van der Waals surface area contributed by atoms with Crippen molar-refractivity contribution in [1.82, 2.24) is 20.2 Å². The lowest BCUT2D eigenvalue weighted by Crippen LogP contribution is -2.37. The summed E-state index contributed by atoms with van der Waals surface area (Å²) >= 11 is 3.01. The molecule has 8 heteroatoms. The molecule has 1 aliphatic rings. The molecule has 1 N–H and O–H groups in total. The number of aromatic nitrogens is 2. The highest BCUT2D eigenvalue weighted by molar-refractivity contribution is 7.13. The van der Waals surface area contributed by atoms with E-state index in [4.69, 9.17) is 0 Å². The summed E-state index contributed by atoms with van der Waals surface area (Å²) in [5, 5.41) is 6.73. The van der Waals surface area contributed by atoms with Gasteiger partial charge in [-0.1, -0.05) is 29.3 Å². The van der Waals surface area contributed by atoms with Crippen LogP contribution >= 0.6 is 22.7 Å². The number of likely N-dealkylation sites (tertiary alicyclic amines) is 1. The summed E-state index contributed by atoms with van der Waals surface area (Å²) in [5.74, 6) is 0.224. The zero-order chi connectivity index (χ0) is 22.8. The van der Waals surface area contributed by atoms with Gasteiger partial charge in [-0.15, -0.1) is 22.7 Å². The number of aryl methyl sites for hydroxylation is 4. The topological polar surface area (TPSA) is 75.2 Å². The first-order valence-electron chi connectivity index (χ1n) is 10.8. The third-order valence-electron chi connectivity index (χ3n) is 5.72. The van der Waals surface area contributed by atoms with E-state index in [1.54, 1.807) is 0 Å². The molecule has 0 atom stereocenters. The summed E-state index contributed by atoms with van der Waals surface area (Å²) in [6, 6.07) is 6.30. The average molecular weight is 469 g/mol. The van der Waals surface area contributed by atoms with Crippen LogP contribution in [0.2, 0.25) is 0 Å². The summed E-state index contributed by atoms with van der Waals surface area (Å²) in [7, 11) is 0. The zero-order valence-corrected chi connectivity index (χ0v) is 20.5. The number of benzene rings is 1. The Morgan fingerprint density at radius 1 is 1.06 bits per heavy atom. The van der Waals surface area contributed by atoms with E-state index >= 15 is 0 Å². The van der Waals surface area contributed by atoms with Crippen LogP contribution in [0.5, 0.6) is 0 Å². The largest absolute Gasteiger partial charge is 0.347 e. The molecule has 2 amide bonds. The van der Waals surface area contributed by atoms with Crippen LogP contribution in [0.15, 0.2) is 23.6 Å². The molecular weight excluding hydrogens is 440 g/mol. The number of hydrogen-bond acceptors (Lipinski definition) is 6. The van der Waals surface area contributed by atoms with Crippen molar-refractivity contribution in [3.8, 4) is 0 Å². The van der Waals surface area contributed by atoms with E-state index in [1.807, 2.05) is 24.1 Å². The highest BCUT2D eigenvalue weighted by atomic mass is 32.1. The number of amides is 2. The van der Waals surface area contributed by atoms with E-state index in [9.17, 15) is 9.59 Å². The van der Waals surface area contributed by atoms with Crippen molar-refractivity contribution in [2.75, 3.05) is 13.1 Å². The number of nitrogens with zero attached hydrogens (tertiary/aromatic N) is 3. The third kappa shape index (κ3) is 5.07. The fraction of sp³-hybridized carbons (Fsp3) is 0.417. The second-order valence-electron chi connectivity index (χ2n) is 8.46. The summed E-state index contributed by atoms with van der Waals surface area (Å²) in [5.41, 5.74) is 4.76. The van der Waals surface area contributed by atoms with E-state index in [1.165, 1.54) is 33.8 Å². The Kier molecular flexibility index (Phi) is 6.71. The van der Waals surface area contributed by atoms with Gasteiger partial charge in [0, 0.05) is 30.9 Å². The van der Waals surface area contributed by atoms with Gasteiger partial charge in [0.2, 0.25) is 0 Å². The second-order valence-corrected chi connectivity index (χ2v) is 10.6. The lowest BCUT2D eigenvalue weighted by atomic mass is 9.97. The van der Waals surface area contributed by atoms with Crippen LogP contribution < -0.4 is 5.32 Å². The SMILES string of the molecule is Cc1cc(C)cc(CNC(=O)c2csc(C3CCN(C(=O)c4sc(C)nc4C)CC3)n2)c1. The Labute approximate surface area is 196 Å². The first-order chi connectivity index (χ1) is 15.3. The Morgan fingerprint density at radius 2 is 1.75 bits per heavy atom. The van der Waals surface area contributed by atoms with Crippen molar-refractivity contribution in [1.29, 1.82) is 0 Å². The molecule has 1 aromatic carbocycles. The van der Waals surface area contributed by atoms with E-state index in [-0.39, 0.29) is 17.7 Å². The normalized spacial score (nSPS) is 14.6. The van der Waals surface area contributed by atoms with Gasteiger partial charge in [-0.2, -0.15) is 0 Å². The van der Waals surface area contributed by atoms with Gasteiger partial charge in [0.1, 0.15) is 10.6 Å². The fourth-order valence-corrected chi connectivity index (χ4v) is 6.09. The molecule has 6 nitrogen and oxygen atoms in total. The van der Waals surface area contributed by atoms with Crippen LogP contribution in [0.25, 0.3) is 0 Å². The molecule has 0 radical (unpaired) electrons. The fourth-order valence-electron chi connectivity index (χ4n) is 4.23. The summed E-state index contributed by atoms with van der Waals surface area (Å²) in [6.45, 7) is 9.84. The van der Waals surface area contributed by atoms with Gasteiger partial charge in [0.05, 0.1) is 15.7 Å². The second kappa shape index (κ2) is 9.50. The van der Waals surface area contributed by atoms with Crippen molar-refractivity contribution in [3.63, 3.8) is 0 Å². The molecule has 0 unspecified atom stereocenters. The molecule has 4 rings (SSSR count). The Hall–Kier alpha value is -2.58. The molecule has 168 valence electrons. The molecule has 0 bridgehead atoms. The van der Waals surface area contributed by atoms with E-state index < -0.39 is 0 Å². The molecule has 1 fully saturated rings. The Morgan fingerprint density at radius 3 is 2.38 bits per heavy atom. The molecule has 0 saturated carbocycles. The van der Waals surface area contributed by atoms with Gasteiger partial charge < -0.3 is 10.2 Å². The van der Waals surface area contributed by atoms with E-state index in [0.29, 0.717) is 25.3 Å². The monoisotopic (exact) mass is 468 g/mol. The molecular formula is C24H28N4O2S2. The van der Waals surface area contributed by atoms with Crippen LogP contribution in [0.1, 0.15) is 71.3 Å². The first kappa shape index (κ1) is 22.6.